The molecular formula is C27H22N4O2. The second kappa shape index (κ2) is 8.96. The molecule has 0 atom stereocenters. The fraction of sp³-hybridized carbons (Fsp3) is 0.0741. The number of rotatable bonds is 6. The van der Waals surface area contributed by atoms with Crippen molar-refractivity contribution < 1.29 is 4.74 Å². The highest BCUT2D eigenvalue weighted by Gasteiger charge is 2.16. The van der Waals surface area contributed by atoms with E-state index < -0.39 is 0 Å². The number of fused-ring (bicyclic) bond motifs is 1. The quantitative estimate of drug-likeness (QED) is 0.387. The van der Waals surface area contributed by atoms with Gasteiger partial charge < -0.3 is 10.1 Å². The van der Waals surface area contributed by atoms with Crippen LogP contribution in [0.1, 0.15) is 11.4 Å². The van der Waals surface area contributed by atoms with E-state index in [2.05, 4.69) is 15.3 Å². The fourth-order valence-electron chi connectivity index (χ4n) is 3.86. The highest BCUT2D eigenvalue weighted by atomic mass is 16.5. The normalized spacial score (nSPS) is 10.8. The molecule has 1 N–H and O–H groups in total. The van der Waals surface area contributed by atoms with Crippen LogP contribution >= 0.6 is 0 Å². The topological polar surface area (TPSA) is 69.0 Å². The Kier molecular flexibility index (Phi) is 5.55. The molecule has 3 aromatic heterocycles. The summed E-state index contributed by atoms with van der Waals surface area (Å²) >= 11 is 0. The highest BCUT2D eigenvalue weighted by Crippen LogP contribution is 2.27. The van der Waals surface area contributed by atoms with E-state index in [0.29, 0.717) is 22.6 Å². The fourth-order valence-corrected chi connectivity index (χ4v) is 3.86. The molecule has 6 nitrogen and oxygen atoms in total. The van der Waals surface area contributed by atoms with Gasteiger partial charge in [-0.3, -0.25) is 19.3 Å². The summed E-state index contributed by atoms with van der Waals surface area (Å²) in [6.45, 7) is 2.09. The largest absolute Gasteiger partial charge is 0.486 e. The van der Waals surface area contributed by atoms with Crippen molar-refractivity contribution in [2.45, 2.75) is 13.5 Å². The molecule has 0 aliphatic heterocycles. The van der Waals surface area contributed by atoms with Gasteiger partial charge in [-0.05, 0) is 49.4 Å². The zero-order valence-corrected chi connectivity index (χ0v) is 18.1. The first-order valence-corrected chi connectivity index (χ1v) is 10.7. The Balaban J connectivity index is 1.70. The number of aryl methyl sites for hydroxylation is 1. The minimum absolute atomic E-state index is 0.118. The van der Waals surface area contributed by atoms with E-state index in [1.54, 1.807) is 24.5 Å². The molecule has 0 saturated carbocycles. The predicted molar refractivity (Wildman–Crippen MR) is 130 cm³/mol. The molecule has 5 rings (SSSR count). The molecule has 0 bridgehead atoms. The minimum atomic E-state index is -0.118. The van der Waals surface area contributed by atoms with Gasteiger partial charge in [0.05, 0.1) is 22.8 Å². The van der Waals surface area contributed by atoms with Gasteiger partial charge in [0, 0.05) is 29.3 Å². The van der Waals surface area contributed by atoms with Crippen LogP contribution in [0.5, 0.6) is 5.75 Å². The SMILES string of the molecule is Cc1cc2c(c(COc3cccnc3)n1)c(=O)cc(Nc1ccccc1)n2-c1ccccc1. The third-order valence-electron chi connectivity index (χ3n) is 5.27. The number of benzene rings is 2. The van der Waals surface area contributed by atoms with E-state index in [-0.39, 0.29) is 12.0 Å². The van der Waals surface area contributed by atoms with Crippen molar-refractivity contribution in [1.82, 2.24) is 14.5 Å². The summed E-state index contributed by atoms with van der Waals surface area (Å²) in [5.41, 5.74) is 3.87. The molecule has 5 aromatic rings. The van der Waals surface area contributed by atoms with Gasteiger partial charge in [0.2, 0.25) is 0 Å². The number of nitrogens with one attached hydrogen (secondary N) is 1. The molecule has 0 aliphatic rings. The Hall–Kier alpha value is -4.45. The lowest BCUT2D eigenvalue weighted by molar-refractivity contribution is 0.301. The second-order valence-electron chi connectivity index (χ2n) is 7.64. The number of para-hydroxylation sites is 2. The molecule has 0 aliphatic carbocycles. The zero-order valence-electron chi connectivity index (χ0n) is 18.1. The van der Waals surface area contributed by atoms with Gasteiger partial charge >= 0.3 is 0 Å². The van der Waals surface area contributed by atoms with Crippen LogP contribution in [0, 0.1) is 6.92 Å². The lowest BCUT2D eigenvalue weighted by atomic mass is 10.1. The van der Waals surface area contributed by atoms with Gasteiger partial charge in [0.25, 0.3) is 0 Å². The summed E-state index contributed by atoms with van der Waals surface area (Å²) in [4.78, 5) is 22.1. The monoisotopic (exact) mass is 434 g/mol. The molecule has 0 amide bonds. The van der Waals surface area contributed by atoms with Gasteiger partial charge in [-0.2, -0.15) is 0 Å². The van der Waals surface area contributed by atoms with Crippen molar-refractivity contribution in [1.29, 1.82) is 0 Å². The van der Waals surface area contributed by atoms with Crippen LogP contribution in [0.4, 0.5) is 11.5 Å². The Bertz CT molecular complexity index is 1450. The summed E-state index contributed by atoms with van der Waals surface area (Å²) < 4.78 is 7.94. The van der Waals surface area contributed by atoms with E-state index in [0.717, 1.165) is 22.6 Å². The molecule has 0 radical (unpaired) electrons. The van der Waals surface area contributed by atoms with Gasteiger partial charge in [-0.15, -0.1) is 0 Å². The zero-order chi connectivity index (χ0) is 22.6. The van der Waals surface area contributed by atoms with Crippen molar-refractivity contribution in [3.05, 3.63) is 119 Å². The van der Waals surface area contributed by atoms with Crippen LogP contribution < -0.4 is 15.5 Å². The molecule has 0 spiro atoms. The number of anilines is 2. The molecule has 2 aromatic carbocycles. The molecule has 0 saturated heterocycles. The Labute approximate surface area is 191 Å². The first kappa shape index (κ1) is 20.5. The molecular weight excluding hydrogens is 412 g/mol. The summed E-state index contributed by atoms with van der Waals surface area (Å²) in [7, 11) is 0. The summed E-state index contributed by atoms with van der Waals surface area (Å²) in [6.07, 6.45) is 3.33. The lowest BCUT2D eigenvalue weighted by Gasteiger charge is -2.20. The van der Waals surface area contributed by atoms with Crippen molar-refractivity contribution in [2.24, 2.45) is 0 Å². The lowest BCUT2D eigenvalue weighted by Crippen LogP contribution is -2.16. The number of pyridine rings is 3. The van der Waals surface area contributed by atoms with Gasteiger partial charge in [-0.1, -0.05) is 36.4 Å². The van der Waals surface area contributed by atoms with Crippen molar-refractivity contribution >= 4 is 22.4 Å². The summed E-state index contributed by atoms with van der Waals surface area (Å²) in [5, 5.41) is 3.94. The Morgan fingerprint density at radius 3 is 2.42 bits per heavy atom. The standard InChI is InChI=1S/C27H22N4O2/c1-19-15-24-27(23(29-19)18-33-22-13-8-14-28-17-22)25(32)16-26(30-20-9-4-2-5-10-20)31(24)21-11-6-3-7-12-21/h2-17,30H,18H2,1H3. The maximum absolute atomic E-state index is 13.4. The minimum Gasteiger partial charge on any atom is -0.486 e. The van der Waals surface area contributed by atoms with Crippen molar-refractivity contribution in [2.75, 3.05) is 5.32 Å². The Morgan fingerprint density at radius 1 is 0.939 bits per heavy atom. The molecule has 0 fully saturated rings. The number of hydrogen-bond donors (Lipinski definition) is 1. The van der Waals surface area contributed by atoms with Crippen LogP contribution in [-0.4, -0.2) is 14.5 Å². The van der Waals surface area contributed by atoms with Crippen LogP contribution in [-0.2, 0) is 6.61 Å². The highest BCUT2D eigenvalue weighted by molar-refractivity contribution is 5.86. The summed E-state index contributed by atoms with van der Waals surface area (Å²) in [5.74, 6) is 1.30. The van der Waals surface area contributed by atoms with E-state index >= 15 is 0 Å². The number of hydrogen-bond acceptors (Lipinski definition) is 5. The van der Waals surface area contributed by atoms with Crippen LogP contribution in [0.15, 0.2) is 102 Å². The van der Waals surface area contributed by atoms with Crippen LogP contribution in [0.3, 0.4) is 0 Å². The molecule has 6 heteroatoms. The third kappa shape index (κ3) is 4.32. The summed E-state index contributed by atoms with van der Waals surface area (Å²) in [6, 6.07) is 27.0. The average Bonchev–Trinajstić information content (AvgIpc) is 2.84. The smallest absolute Gasteiger partial charge is 0.193 e. The molecule has 162 valence electrons. The number of nitrogens with zero attached hydrogens (tertiary/aromatic N) is 3. The van der Waals surface area contributed by atoms with Crippen LogP contribution in [0.2, 0.25) is 0 Å². The number of ether oxygens (including phenoxy) is 1. The maximum Gasteiger partial charge on any atom is 0.193 e. The molecule has 33 heavy (non-hydrogen) atoms. The van der Waals surface area contributed by atoms with E-state index in [1.165, 1.54) is 0 Å². The maximum atomic E-state index is 13.4. The van der Waals surface area contributed by atoms with Gasteiger partial charge in [-0.25, -0.2) is 0 Å². The predicted octanol–water partition coefficient (Wildman–Crippen LogP) is 5.41. The first-order chi connectivity index (χ1) is 16.2. The number of aromatic nitrogens is 3. The van der Waals surface area contributed by atoms with E-state index in [9.17, 15) is 4.79 Å². The average molecular weight is 434 g/mol. The van der Waals surface area contributed by atoms with Gasteiger partial charge in [0.15, 0.2) is 5.43 Å². The van der Waals surface area contributed by atoms with E-state index in [4.69, 9.17) is 4.74 Å². The van der Waals surface area contributed by atoms with Gasteiger partial charge in [0.1, 0.15) is 18.2 Å². The van der Waals surface area contributed by atoms with E-state index in [1.807, 2.05) is 84.3 Å². The molecule has 3 heterocycles. The third-order valence-corrected chi connectivity index (χ3v) is 5.27. The van der Waals surface area contributed by atoms with Crippen molar-refractivity contribution in [3.63, 3.8) is 0 Å². The van der Waals surface area contributed by atoms with Crippen LogP contribution in [0.25, 0.3) is 16.6 Å². The Morgan fingerprint density at radius 2 is 1.70 bits per heavy atom. The first-order valence-electron chi connectivity index (χ1n) is 10.7. The molecule has 0 unspecified atom stereocenters. The second-order valence-corrected chi connectivity index (χ2v) is 7.64. The van der Waals surface area contributed by atoms with Crippen molar-refractivity contribution in [3.8, 4) is 11.4 Å².